The second-order valence-corrected chi connectivity index (χ2v) is 6.54. The zero-order chi connectivity index (χ0) is 16.1. The Labute approximate surface area is 129 Å². The van der Waals surface area contributed by atoms with Crippen molar-refractivity contribution in [3.05, 3.63) is 12.7 Å². The number of carbonyl (C=O) groups is 1. The number of rotatable bonds is 3. The van der Waals surface area contributed by atoms with Crippen LogP contribution in [-0.2, 0) is 33.2 Å². The van der Waals surface area contributed by atoms with Gasteiger partial charge in [0, 0.05) is 6.08 Å². The van der Waals surface area contributed by atoms with Crippen molar-refractivity contribution < 1.29 is 33.2 Å². The lowest BCUT2D eigenvalue weighted by molar-refractivity contribution is -0.234. The van der Waals surface area contributed by atoms with E-state index in [1.54, 1.807) is 13.8 Å². The van der Waals surface area contributed by atoms with Gasteiger partial charge in [0.1, 0.15) is 12.2 Å². The van der Waals surface area contributed by atoms with Gasteiger partial charge in [-0.2, -0.15) is 0 Å². The van der Waals surface area contributed by atoms with Crippen molar-refractivity contribution in [1.82, 2.24) is 0 Å². The van der Waals surface area contributed by atoms with Crippen LogP contribution >= 0.6 is 0 Å². The molecule has 22 heavy (non-hydrogen) atoms. The molecule has 3 heterocycles. The molecular weight excluding hydrogens is 292 g/mol. The van der Waals surface area contributed by atoms with Crippen molar-refractivity contribution in [1.29, 1.82) is 0 Å². The fourth-order valence-corrected chi connectivity index (χ4v) is 3.00. The number of hydrogen-bond donors (Lipinski definition) is 0. The third kappa shape index (κ3) is 2.91. The highest BCUT2D eigenvalue weighted by Crippen LogP contribution is 2.41. The van der Waals surface area contributed by atoms with E-state index in [1.165, 1.54) is 0 Å². The van der Waals surface area contributed by atoms with E-state index in [0.29, 0.717) is 6.61 Å². The summed E-state index contributed by atoms with van der Waals surface area (Å²) >= 11 is 0. The van der Waals surface area contributed by atoms with Crippen molar-refractivity contribution in [3.63, 3.8) is 0 Å². The molecule has 3 aliphatic rings. The lowest BCUT2D eigenvalue weighted by Crippen LogP contribution is -2.45. The minimum Gasteiger partial charge on any atom is -0.453 e. The van der Waals surface area contributed by atoms with E-state index in [1.807, 2.05) is 13.8 Å². The summed E-state index contributed by atoms with van der Waals surface area (Å²) in [5.41, 5.74) is 0. The maximum absolute atomic E-state index is 11.6. The van der Waals surface area contributed by atoms with Crippen LogP contribution in [-0.4, -0.2) is 54.9 Å². The van der Waals surface area contributed by atoms with E-state index in [9.17, 15) is 4.79 Å². The topological polar surface area (TPSA) is 72.5 Å². The van der Waals surface area contributed by atoms with Gasteiger partial charge in [0.2, 0.25) is 0 Å². The average molecular weight is 314 g/mol. The van der Waals surface area contributed by atoms with Gasteiger partial charge in [0.15, 0.2) is 30.1 Å². The minimum absolute atomic E-state index is 0.350. The largest absolute Gasteiger partial charge is 0.453 e. The molecule has 0 radical (unpaired) electrons. The Balaban J connectivity index is 1.78. The first-order valence-electron chi connectivity index (χ1n) is 7.37. The molecule has 3 saturated heterocycles. The van der Waals surface area contributed by atoms with Crippen LogP contribution in [0.4, 0.5) is 0 Å². The second kappa shape index (κ2) is 5.28. The number of esters is 1. The molecule has 0 aromatic rings. The zero-order valence-corrected chi connectivity index (χ0v) is 13.2. The molecule has 3 aliphatic heterocycles. The maximum Gasteiger partial charge on any atom is 0.330 e. The van der Waals surface area contributed by atoms with E-state index in [4.69, 9.17) is 28.4 Å². The van der Waals surface area contributed by atoms with Gasteiger partial charge in [-0.1, -0.05) is 6.58 Å². The summed E-state index contributed by atoms with van der Waals surface area (Å²) in [4.78, 5) is 11.6. The first kappa shape index (κ1) is 15.9. The highest BCUT2D eigenvalue weighted by molar-refractivity contribution is 5.81. The van der Waals surface area contributed by atoms with Gasteiger partial charge < -0.3 is 28.4 Å². The molecular formula is C15H22O7. The molecule has 3 rings (SSSR count). The molecule has 0 saturated carbocycles. The van der Waals surface area contributed by atoms with E-state index in [0.717, 1.165) is 6.08 Å². The third-order valence-electron chi connectivity index (χ3n) is 3.84. The molecule has 0 spiro atoms. The Hall–Kier alpha value is -0.990. The molecule has 0 bridgehead atoms. The van der Waals surface area contributed by atoms with Gasteiger partial charge in [0.25, 0.3) is 0 Å². The highest BCUT2D eigenvalue weighted by atomic mass is 16.8. The summed E-state index contributed by atoms with van der Waals surface area (Å²) in [5, 5.41) is 0. The number of carbonyl (C=O) groups excluding carboxylic acids is 1. The fourth-order valence-electron chi connectivity index (χ4n) is 3.00. The van der Waals surface area contributed by atoms with Crippen LogP contribution in [0.2, 0.25) is 0 Å². The Morgan fingerprint density at radius 3 is 2.45 bits per heavy atom. The Bertz CT molecular complexity index is 473. The molecule has 0 aromatic carbocycles. The van der Waals surface area contributed by atoms with Crippen LogP contribution in [0.25, 0.3) is 0 Å². The quantitative estimate of drug-likeness (QED) is 0.571. The average Bonchev–Trinajstić information content (AvgIpc) is 3.01. The van der Waals surface area contributed by atoms with Crippen molar-refractivity contribution in [2.24, 2.45) is 0 Å². The summed E-state index contributed by atoms with van der Waals surface area (Å²) < 4.78 is 34.2. The van der Waals surface area contributed by atoms with Gasteiger partial charge >= 0.3 is 5.97 Å². The molecule has 0 amide bonds. The Morgan fingerprint density at radius 1 is 1.14 bits per heavy atom. The van der Waals surface area contributed by atoms with Gasteiger partial charge in [-0.15, -0.1) is 0 Å². The van der Waals surface area contributed by atoms with Crippen molar-refractivity contribution >= 4 is 5.97 Å². The molecule has 0 aliphatic carbocycles. The van der Waals surface area contributed by atoms with Gasteiger partial charge in [-0.25, -0.2) is 4.79 Å². The lowest BCUT2D eigenvalue weighted by Gasteiger charge is -2.28. The van der Waals surface area contributed by atoms with Crippen LogP contribution in [0, 0.1) is 0 Å². The number of ether oxygens (including phenoxy) is 6. The molecule has 124 valence electrons. The predicted molar refractivity (Wildman–Crippen MR) is 73.7 cm³/mol. The second-order valence-electron chi connectivity index (χ2n) is 6.54. The molecule has 7 nitrogen and oxygen atoms in total. The summed E-state index contributed by atoms with van der Waals surface area (Å²) in [6.45, 7) is 11.0. The van der Waals surface area contributed by atoms with Crippen LogP contribution in [0.5, 0.6) is 0 Å². The first-order valence-corrected chi connectivity index (χ1v) is 7.37. The summed E-state index contributed by atoms with van der Waals surface area (Å²) in [6.07, 6.45) is -1.51. The molecule has 7 heteroatoms. The van der Waals surface area contributed by atoms with E-state index in [2.05, 4.69) is 6.58 Å². The summed E-state index contributed by atoms with van der Waals surface area (Å²) in [6, 6.07) is 0. The lowest BCUT2D eigenvalue weighted by atomic mass is 10.1. The highest BCUT2D eigenvalue weighted by Gasteiger charge is 2.59. The van der Waals surface area contributed by atoms with Crippen molar-refractivity contribution in [3.8, 4) is 0 Å². The van der Waals surface area contributed by atoms with Crippen LogP contribution in [0.15, 0.2) is 12.7 Å². The fraction of sp³-hybridized carbons (Fsp3) is 0.800. The smallest absolute Gasteiger partial charge is 0.330 e. The summed E-state index contributed by atoms with van der Waals surface area (Å²) in [5.74, 6) is -2.02. The van der Waals surface area contributed by atoms with Crippen molar-refractivity contribution in [2.75, 3.05) is 6.61 Å². The minimum atomic E-state index is -0.786. The molecule has 1 unspecified atom stereocenters. The van der Waals surface area contributed by atoms with E-state index in [-0.39, 0.29) is 6.10 Å². The van der Waals surface area contributed by atoms with Crippen LogP contribution in [0.3, 0.4) is 0 Å². The SMILES string of the molecule is C=CC(=O)O[C@H]1[C@H]2OC(C)(C)O[C@H]2O[C@@H]1C1COC(C)(C)O1. The maximum atomic E-state index is 11.6. The zero-order valence-electron chi connectivity index (χ0n) is 13.2. The molecule has 0 N–H and O–H groups in total. The molecule has 3 fully saturated rings. The Morgan fingerprint density at radius 2 is 1.86 bits per heavy atom. The Kier molecular flexibility index (Phi) is 3.81. The van der Waals surface area contributed by atoms with Gasteiger partial charge in [0.05, 0.1) is 6.61 Å². The summed E-state index contributed by atoms with van der Waals surface area (Å²) in [7, 11) is 0. The van der Waals surface area contributed by atoms with E-state index < -0.39 is 42.1 Å². The molecule has 5 atom stereocenters. The van der Waals surface area contributed by atoms with Gasteiger partial charge in [-0.05, 0) is 27.7 Å². The van der Waals surface area contributed by atoms with E-state index >= 15 is 0 Å². The first-order chi connectivity index (χ1) is 10.2. The van der Waals surface area contributed by atoms with Gasteiger partial charge in [-0.3, -0.25) is 0 Å². The predicted octanol–water partition coefficient (Wildman–Crippen LogP) is 1.11. The number of hydrogen-bond acceptors (Lipinski definition) is 7. The van der Waals surface area contributed by atoms with Crippen LogP contribution in [0.1, 0.15) is 27.7 Å². The monoisotopic (exact) mass is 314 g/mol. The normalized spacial score (nSPS) is 42.1. The molecule has 0 aromatic heterocycles. The number of fused-ring (bicyclic) bond motifs is 1. The van der Waals surface area contributed by atoms with Crippen LogP contribution < -0.4 is 0 Å². The third-order valence-corrected chi connectivity index (χ3v) is 3.84. The standard InChI is InChI=1S/C15H22O7/c1-6-9(16)18-11-10(8-7-17-14(2,3)20-8)19-13-12(11)21-15(4,5)22-13/h6,8,10-13H,1,7H2,2-5H3/t8?,10-,11-,12-,13-/m1/s1. The van der Waals surface area contributed by atoms with Crippen molar-refractivity contribution in [2.45, 2.75) is 70.0 Å².